The molecule has 0 aliphatic heterocycles. The summed E-state index contributed by atoms with van der Waals surface area (Å²) in [5.74, 6) is -1.10. The minimum absolute atomic E-state index is 0.0507. The van der Waals surface area contributed by atoms with E-state index < -0.39 is 17.7 Å². The standard InChI is InChI=1S/C21H13ClF3N3O2.CH3NO/c22-15-6-11(5-12(7-15)20(29)30)13-8-17-18(10-27-19(17)26-9-13)28-16-3-1-14(2-4-16)21(23,24)25;2-1-3/h1-10,28H,(H,26,27)(H,29,30);1H,(H2,2,3). The van der Waals surface area contributed by atoms with Crippen LogP contribution in [0.4, 0.5) is 24.5 Å². The van der Waals surface area contributed by atoms with Crippen molar-refractivity contribution in [3.8, 4) is 11.1 Å². The van der Waals surface area contributed by atoms with Crippen LogP contribution in [0.15, 0.2) is 60.9 Å². The first kappa shape index (κ1) is 23.6. The van der Waals surface area contributed by atoms with E-state index in [1.54, 1.807) is 24.5 Å². The van der Waals surface area contributed by atoms with E-state index in [4.69, 9.17) is 16.4 Å². The Morgan fingerprint density at radius 1 is 1.12 bits per heavy atom. The van der Waals surface area contributed by atoms with E-state index in [1.807, 2.05) is 0 Å². The van der Waals surface area contributed by atoms with Crippen molar-refractivity contribution in [3.63, 3.8) is 0 Å². The lowest BCUT2D eigenvalue weighted by Crippen LogP contribution is -2.04. The second-order valence-electron chi connectivity index (χ2n) is 6.69. The van der Waals surface area contributed by atoms with E-state index in [2.05, 4.69) is 21.0 Å². The number of rotatable bonds is 4. The third kappa shape index (κ3) is 5.60. The fraction of sp³-hybridized carbons (Fsp3) is 0.0455. The number of primary amides is 1. The summed E-state index contributed by atoms with van der Waals surface area (Å²) in [5.41, 5.74) is 6.36. The molecule has 0 fully saturated rings. The van der Waals surface area contributed by atoms with Crippen LogP contribution < -0.4 is 11.1 Å². The largest absolute Gasteiger partial charge is 0.478 e. The van der Waals surface area contributed by atoms with E-state index >= 15 is 0 Å². The van der Waals surface area contributed by atoms with Crippen molar-refractivity contribution in [3.05, 3.63) is 77.1 Å². The van der Waals surface area contributed by atoms with Crippen molar-refractivity contribution >= 4 is 46.4 Å². The number of alkyl halides is 3. The molecular weight excluding hydrogens is 461 g/mol. The average Bonchev–Trinajstić information content (AvgIpc) is 3.15. The van der Waals surface area contributed by atoms with E-state index in [1.165, 1.54) is 24.3 Å². The van der Waals surface area contributed by atoms with Gasteiger partial charge in [0.05, 0.1) is 16.8 Å². The Morgan fingerprint density at radius 2 is 1.79 bits per heavy atom. The van der Waals surface area contributed by atoms with E-state index in [0.717, 1.165) is 12.1 Å². The van der Waals surface area contributed by atoms with Crippen molar-refractivity contribution in [2.45, 2.75) is 6.18 Å². The number of halogens is 4. The van der Waals surface area contributed by atoms with Crippen LogP contribution in [0, 0.1) is 0 Å². The zero-order valence-electron chi connectivity index (χ0n) is 16.7. The molecule has 7 nitrogen and oxygen atoms in total. The van der Waals surface area contributed by atoms with Crippen molar-refractivity contribution in [2.24, 2.45) is 5.73 Å². The molecule has 0 radical (unpaired) electrons. The summed E-state index contributed by atoms with van der Waals surface area (Å²) in [6.07, 6.45) is -0.915. The van der Waals surface area contributed by atoms with Crippen LogP contribution in [0.2, 0.25) is 5.02 Å². The van der Waals surface area contributed by atoms with Gasteiger partial charge in [-0.25, -0.2) is 9.78 Å². The Hall–Kier alpha value is -4.05. The number of hydrogen-bond acceptors (Lipinski definition) is 4. The number of H-pyrrole nitrogens is 1. The molecule has 0 aliphatic rings. The third-order valence-electron chi connectivity index (χ3n) is 4.50. The summed E-state index contributed by atoms with van der Waals surface area (Å²) in [6.45, 7) is 0. The van der Waals surface area contributed by atoms with E-state index in [9.17, 15) is 23.1 Å². The van der Waals surface area contributed by atoms with Crippen LogP contribution in [0.5, 0.6) is 0 Å². The van der Waals surface area contributed by atoms with Gasteiger partial charge in [-0.1, -0.05) is 11.6 Å². The number of pyridine rings is 1. The molecule has 5 N–H and O–H groups in total. The van der Waals surface area contributed by atoms with Gasteiger partial charge in [0.1, 0.15) is 5.65 Å². The molecule has 0 aliphatic carbocycles. The van der Waals surface area contributed by atoms with Gasteiger partial charge >= 0.3 is 12.1 Å². The topological polar surface area (TPSA) is 121 Å². The summed E-state index contributed by atoms with van der Waals surface area (Å²) in [5, 5.41) is 13.3. The summed E-state index contributed by atoms with van der Waals surface area (Å²) in [4.78, 5) is 27.2. The first-order valence-corrected chi connectivity index (χ1v) is 9.61. The van der Waals surface area contributed by atoms with Crippen molar-refractivity contribution in [1.29, 1.82) is 0 Å². The van der Waals surface area contributed by atoms with Gasteiger partial charge in [-0.3, -0.25) is 4.79 Å². The van der Waals surface area contributed by atoms with Crippen molar-refractivity contribution in [1.82, 2.24) is 9.97 Å². The predicted molar refractivity (Wildman–Crippen MR) is 118 cm³/mol. The zero-order valence-corrected chi connectivity index (χ0v) is 17.4. The van der Waals surface area contributed by atoms with Gasteiger partial charge in [0, 0.05) is 34.1 Å². The highest BCUT2D eigenvalue weighted by atomic mass is 35.5. The molecule has 0 spiro atoms. The Bertz CT molecular complexity index is 1300. The highest BCUT2D eigenvalue weighted by Gasteiger charge is 2.29. The van der Waals surface area contributed by atoms with Gasteiger partial charge in [0.15, 0.2) is 0 Å². The predicted octanol–water partition coefficient (Wildman–Crippen LogP) is 5.45. The molecule has 0 saturated heterocycles. The fourth-order valence-corrected chi connectivity index (χ4v) is 3.28. The van der Waals surface area contributed by atoms with Crippen LogP contribution in [-0.2, 0) is 11.0 Å². The number of nitrogens with one attached hydrogen (secondary N) is 2. The number of benzene rings is 2. The second kappa shape index (κ2) is 9.61. The molecule has 0 saturated carbocycles. The van der Waals surface area contributed by atoms with Gasteiger partial charge in [-0.05, 0) is 54.1 Å². The zero-order chi connectivity index (χ0) is 24.2. The normalized spacial score (nSPS) is 10.9. The maximum atomic E-state index is 12.7. The number of carbonyl (C=O) groups excluding carboxylic acids is 1. The van der Waals surface area contributed by atoms with E-state index in [-0.39, 0.29) is 17.0 Å². The number of aromatic amines is 1. The molecule has 2 heterocycles. The van der Waals surface area contributed by atoms with Gasteiger partial charge < -0.3 is 21.1 Å². The number of fused-ring (bicyclic) bond motifs is 1. The summed E-state index contributed by atoms with van der Waals surface area (Å²) in [7, 11) is 0. The summed E-state index contributed by atoms with van der Waals surface area (Å²) < 4.78 is 38.2. The van der Waals surface area contributed by atoms with Gasteiger partial charge in [-0.15, -0.1) is 0 Å². The number of nitrogens with zero attached hydrogens (tertiary/aromatic N) is 1. The van der Waals surface area contributed by atoms with Gasteiger partial charge in [-0.2, -0.15) is 13.2 Å². The average molecular weight is 477 g/mol. The smallest absolute Gasteiger partial charge is 0.416 e. The number of anilines is 2. The first-order valence-electron chi connectivity index (χ1n) is 9.23. The molecule has 33 heavy (non-hydrogen) atoms. The number of amides is 1. The first-order chi connectivity index (χ1) is 15.6. The van der Waals surface area contributed by atoms with Crippen molar-refractivity contribution in [2.75, 3.05) is 5.32 Å². The second-order valence-corrected chi connectivity index (χ2v) is 7.13. The lowest BCUT2D eigenvalue weighted by atomic mass is 10.0. The summed E-state index contributed by atoms with van der Waals surface area (Å²) in [6, 6.07) is 11.0. The lowest BCUT2D eigenvalue weighted by Gasteiger charge is -2.09. The van der Waals surface area contributed by atoms with E-state index in [0.29, 0.717) is 33.5 Å². The number of carbonyl (C=O) groups is 2. The minimum atomic E-state index is -4.40. The summed E-state index contributed by atoms with van der Waals surface area (Å²) >= 11 is 6.04. The van der Waals surface area contributed by atoms with Crippen LogP contribution in [0.3, 0.4) is 0 Å². The molecular formula is C22H16ClF3N4O3. The number of hydrogen-bond donors (Lipinski definition) is 4. The highest BCUT2D eigenvalue weighted by molar-refractivity contribution is 6.31. The molecule has 4 rings (SSSR count). The molecule has 0 atom stereocenters. The SMILES string of the molecule is NC=O.O=C(O)c1cc(Cl)cc(-c2cnc3[nH]cc(Nc4ccc(C(F)(F)F)cc4)c3c2)c1. The Balaban J connectivity index is 0.000000968. The molecule has 170 valence electrons. The quantitative estimate of drug-likeness (QED) is 0.292. The van der Waals surface area contributed by atoms with Crippen LogP contribution in [0.25, 0.3) is 22.2 Å². The molecule has 11 heteroatoms. The van der Waals surface area contributed by atoms with Crippen LogP contribution >= 0.6 is 11.6 Å². The number of aromatic nitrogens is 2. The number of aromatic carboxylic acids is 1. The Labute approximate surface area is 190 Å². The molecule has 4 aromatic rings. The highest BCUT2D eigenvalue weighted by Crippen LogP contribution is 2.33. The minimum Gasteiger partial charge on any atom is -0.478 e. The molecule has 0 bridgehead atoms. The molecule has 1 amide bonds. The van der Waals surface area contributed by atoms with Crippen LogP contribution in [-0.4, -0.2) is 27.5 Å². The number of carboxylic acids is 1. The Morgan fingerprint density at radius 3 is 2.39 bits per heavy atom. The monoisotopic (exact) mass is 476 g/mol. The lowest BCUT2D eigenvalue weighted by molar-refractivity contribution is -0.137. The third-order valence-corrected chi connectivity index (χ3v) is 4.72. The number of nitrogens with two attached hydrogens (primary N) is 1. The van der Waals surface area contributed by atoms with Crippen molar-refractivity contribution < 1.29 is 27.9 Å². The van der Waals surface area contributed by atoms with Crippen LogP contribution in [0.1, 0.15) is 15.9 Å². The molecule has 2 aromatic heterocycles. The molecule has 2 aromatic carbocycles. The van der Waals surface area contributed by atoms with Gasteiger partial charge in [0.2, 0.25) is 6.41 Å². The maximum Gasteiger partial charge on any atom is 0.416 e. The van der Waals surface area contributed by atoms with Gasteiger partial charge in [0.25, 0.3) is 0 Å². The Kier molecular flexibility index (Phi) is 6.88. The molecule has 0 unspecified atom stereocenters. The maximum absolute atomic E-state index is 12.7. The fourth-order valence-electron chi connectivity index (χ4n) is 3.04. The number of carboxylic acid groups (broad SMARTS) is 1.